The summed E-state index contributed by atoms with van der Waals surface area (Å²) in [4.78, 5) is 0. The molecule has 3 heteroatoms. The fraction of sp³-hybridized carbons (Fsp3) is 0.455. The number of hydrogen-bond donors (Lipinski definition) is 2. The molecular formula is C11H15BrN2. The maximum absolute atomic E-state index is 5.54. The first-order valence-corrected chi connectivity index (χ1v) is 5.79. The summed E-state index contributed by atoms with van der Waals surface area (Å²) in [5.41, 5.74) is 4.26. The lowest BCUT2D eigenvalue weighted by molar-refractivity contribution is 0.472. The van der Waals surface area contributed by atoms with E-state index in [4.69, 9.17) is 5.84 Å². The van der Waals surface area contributed by atoms with E-state index in [9.17, 15) is 0 Å². The molecule has 14 heavy (non-hydrogen) atoms. The smallest absolute Gasteiger partial charge is 0.0279 e. The van der Waals surface area contributed by atoms with Gasteiger partial charge in [-0.1, -0.05) is 28.1 Å². The van der Waals surface area contributed by atoms with E-state index in [0.29, 0.717) is 6.04 Å². The Bertz CT molecular complexity index is 310. The van der Waals surface area contributed by atoms with Crippen molar-refractivity contribution in [2.45, 2.75) is 25.3 Å². The molecule has 1 saturated carbocycles. The molecule has 0 spiro atoms. The summed E-state index contributed by atoms with van der Waals surface area (Å²) in [7, 11) is 0. The largest absolute Gasteiger partial charge is 0.271 e. The van der Waals surface area contributed by atoms with Crippen LogP contribution in [0.1, 0.15) is 18.4 Å². The van der Waals surface area contributed by atoms with Crippen LogP contribution in [-0.2, 0) is 6.42 Å². The van der Waals surface area contributed by atoms with E-state index in [1.54, 1.807) is 0 Å². The number of hydrazine groups is 1. The van der Waals surface area contributed by atoms with Crippen molar-refractivity contribution in [1.82, 2.24) is 5.43 Å². The van der Waals surface area contributed by atoms with Gasteiger partial charge >= 0.3 is 0 Å². The fourth-order valence-corrected chi connectivity index (χ4v) is 2.22. The van der Waals surface area contributed by atoms with Gasteiger partial charge in [0.1, 0.15) is 0 Å². The molecule has 0 amide bonds. The third-order valence-corrected chi connectivity index (χ3v) is 3.24. The molecule has 0 aliphatic heterocycles. The van der Waals surface area contributed by atoms with Crippen molar-refractivity contribution in [1.29, 1.82) is 0 Å². The normalized spacial score (nSPS) is 18.1. The molecule has 1 aliphatic rings. The number of hydrogen-bond acceptors (Lipinski definition) is 2. The second-order valence-corrected chi connectivity index (χ2v) is 4.86. The highest BCUT2D eigenvalue weighted by Crippen LogP contribution is 2.33. The Morgan fingerprint density at radius 1 is 1.50 bits per heavy atom. The Morgan fingerprint density at radius 2 is 2.29 bits per heavy atom. The molecule has 0 heterocycles. The van der Waals surface area contributed by atoms with E-state index in [2.05, 4.69) is 39.6 Å². The van der Waals surface area contributed by atoms with Gasteiger partial charge in [0.2, 0.25) is 0 Å². The van der Waals surface area contributed by atoms with Crippen LogP contribution in [0.3, 0.4) is 0 Å². The predicted octanol–water partition coefficient (Wildman–Crippen LogP) is 2.23. The Kier molecular flexibility index (Phi) is 3.21. The van der Waals surface area contributed by atoms with E-state index < -0.39 is 0 Å². The molecule has 0 radical (unpaired) electrons. The van der Waals surface area contributed by atoms with E-state index in [-0.39, 0.29) is 0 Å². The number of nitrogens with one attached hydrogen (secondary N) is 1. The molecule has 1 atom stereocenters. The SMILES string of the molecule is NNC(Cc1cccc(Br)c1)C1CC1. The lowest BCUT2D eigenvalue weighted by atomic mass is 10.0. The molecular weight excluding hydrogens is 240 g/mol. The third kappa shape index (κ3) is 2.56. The van der Waals surface area contributed by atoms with Crippen LogP contribution in [0.15, 0.2) is 28.7 Å². The second kappa shape index (κ2) is 4.43. The fourth-order valence-electron chi connectivity index (χ4n) is 1.78. The monoisotopic (exact) mass is 254 g/mol. The predicted molar refractivity (Wildman–Crippen MR) is 61.7 cm³/mol. The number of benzene rings is 1. The molecule has 0 aromatic heterocycles. The Hall–Kier alpha value is -0.380. The number of nitrogens with two attached hydrogens (primary N) is 1. The van der Waals surface area contributed by atoms with Gasteiger partial charge in [-0.2, -0.15) is 0 Å². The van der Waals surface area contributed by atoms with Crippen LogP contribution in [0.5, 0.6) is 0 Å². The summed E-state index contributed by atoms with van der Waals surface area (Å²) in [5, 5.41) is 0. The van der Waals surface area contributed by atoms with E-state index in [1.165, 1.54) is 18.4 Å². The standard InChI is InChI=1S/C11H15BrN2/c12-10-3-1-2-8(6-10)7-11(14-13)9-4-5-9/h1-3,6,9,11,14H,4-5,7,13H2. The van der Waals surface area contributed by atoms with Crippen molar-refractivity contribution >= 4 is 15.9 Å². The Morgan fingerprint density at radius 3 is 2.86 bits per heavy atom. The van der Waals surface area contributed by atoms with Crippen LogP contribution in [0.4, 0.5) is 0 Å². The summed E-state index contributed by atoms with van der Waals surface area (Å²) < 4.78 is 1.14. The van der Waals surface area contributed by atoms with Crippen molar-refractivity contribution in [3.8, 4) is 0 Å². The minimum Gasteiger partial charge on any atom is -0.271 e. The molecule has 1 aromatic rings. The van der Waals surface area contributed by atoms with Gasteiger partial charge in [-0.25, -0.2) is 0 Å². The minimum absolute atomic E-state index is 0.448. The lowest BCUT2D eigenvalue weighted by Gasteiger charge is -2.14. The van der Waals surface area contributed by atoms with Crippen molar-refractivity contribution in [3.63, 3.8) is 0 Å². The molecule has 1 fully saturated rings. The Labute approximate surface area is 93.0 Å². The summed E-state index contributed by atoms with van der Waals surface area (Å²) in [6.07, 6.45) is 3.67. The summed E-state index contributed by atoms with van der Waals surface area (Å²) >= 11 is 3.47. The molecule has 0 bridgehead atoms. The number of rotatable bonds is 4. The molecule has 0 saturated heterocycles. The van der Waals surface area contributed by atoms with Gasteiger partial charge in [0, 0.05) is 10.5 Å². The summed E-state index contributed by atoms with van der Waals surface area (Å²) in [6, 6.07) is 8.87. The molecule has 1 aromatic carbocycles. The maximum Gasteiger partial charge on any atom is 0.0279 e. The average molecular weight is 255 g/mol. The molecule has 1 unspecified atom stereocenters. The van der Waals surface area contributed by atoms with Gasteiger partial charge in [-0.3, -0.25) is 11.3 Å². The molecule has 3 N–H and O–H groups in total. The van der Waals surface area contributed by atoms with Crippen molar-refractivity contribution < 1.29 is 0 Å². The van der Waals surface area contributed by atoms with Gasteiger partial charge in [-0.05, 0) is 42.9 Å². The van der Waals surface area contributed by atoms with Gasteiger partial charge in [0.25, 0.3) is 0 Å². The van der Waals surface area contributed by atoms with E-state index in [0.717, 1.165) is 16.8 Å². The molecule has 2 nitrogen and oxygen atoms in total. The van der Waals surface area contributed by atoms with Crippen molar-refractivity contribution in [3.05, 3.63) is 34.3 Å². The average Bonchev–Trinajstić information content (AvgIpc) is 2.97. The van der Waals surface area contributed by atoms with Gasteiger partial charge < -0.3 is 0 Å². The van der Waals surface area contributed by atoms with E-state index >= 15 is 0 Å². The zero-order valence-corrected chi connectivity index (χ0v) is 9.63. The van der Waals surface area contributed by atoms with Crippen molar-refractivity contribution in [2.24, 2.45) is 11.8 Å². The van der Waals surface area contributed by atoms with Crippen LogP contribution >= 0.6 is 15.9 Å². The van der Waals surface area contributed by atoms with Crippen LogP contribution in [-0.4, -0.2) is 6.04 Å². The van der Waals surface area contributed by atoms with Crippen molar-refractivity contribution in [2.75, 3.05) is 0 Å². The van der Waals surface area contributed by atoms with Crippen LogP contribution < -0.4 is 11.3 Å². The zero-order chi connectivity index (χ0) is 9.97. The first-order valence-electron chi connectivity index (χ1n) is 5.00. The first-order chi connectivity index (χ1) is 6.79. The number of halogens is 1. The van der Waals surface area contributed by atoms with Gasteiger partial charge in [0.15, 0.2) is 0 Å². The highest BCUT2D eigenvalue weighted by molar-refractivity contribution is 9.10. The molecule has 2 rings (SSSR count). The summed E-state index contributed by atoms with van der Waals surface area (Å²) in [5.74, 6) is 6.33. The van der Waals surface area contributed by atoms with Crippen LogP contribution in [0, 0.1) is 5.92 Å². The zero-order valence-electron chi connectivity index (χ0n) is 8.04. The van der Waals surface area contributed by atoms with Gasteiger partial charge in [-0.15, -0.1) is 0 Å². The van der Waals surface area contributed by atoms with Gasteiger partial charge in [0.05, 0.1) is 0 Å². The topological polar surface area (TPSA) is 38.0 Å². The quantitative estimate of drug-likeness (QED) is 0.639. The minimum atomic E-state index is 0.448. The van der Waals surface area contributed by atoms with Crippen LogP contribution in [0.25, 0.3) is 0 Å². The first kappa shape index (κ1) is 10.1. The second-order valence-electron chi connectivity index (χ2n) is 3.94. The molecule has 76 valence electrons. The summed E-state index contributed by atoms with van der Waals surface area (Å²) in [6.45, 7) is 0. The molecule has 1 aliphatic carbocycles. The third-order valence-electron chi connectivity index (χ3n) is 2.75. The highest BCUT2D eigenvalue weighted by Gasteiger charge is 2.30. The van der Waals surface area contributed by atoms with Crippen LogP contribution in [0.2, 0.25) is 0 Å². The highest BCUT2D eigenvalue weighted by atomic mass is 79.9. The lowest BCUT2D eigenvalue weighted by Crippen LogP contribution is -2.38. The Balaban J connectivity index is 2.01. The van der Waals surface area contributed by atoms with E-state index in [1.807, 2.05) is 6.07 Å². The maximum atomic E-state index is 5.54.